The number of nitrogens with zero attached hydrogens (tertiary/aromatic N) is 1. The third-order valence-corrected chi connectivity index (χ3v) is 4.32. The summed E-state index contributed by atoms with van der Waals surface area (Å²) in [6, 6.07) is 4.94. The van der Waals surface area contributed by atoms with Crippen molar-refractivity contribution in [1.29, 1.82) is 5.26 Å². The van der Waals surface area contributed by atoms with Crippen LogP contribution in [0.15, 0.2) is 23.1 Å². The number of halogens is 1. The van der Waals surface area contributed by atoms with Crippen LogP contribution in [0.25, 0.3) is 0 Å². The molecule has 1 atom stereocenters. The molecule has 0 spiro atoms. The number of hydrogen-bond acceptors (Lipinski definition) is 4. The van der Waals surface area contributed by atoms with Crippen LogP contribution in [0.4, 0.5) is 4.39 Å². The Kier molecular flexibility index (Phi) is 3.61. The van der Waals surface area contributed by atoms with Gasteiger partial charge in [-0.3, -0.25) is 0 Å². The number of hydrogen-bond donors (Lipinski definition) is 2. The molecule has 1 fully saturated rings. The average Bonchev–Trinajstić information content (AvgIpc) is 2.80. The Morgan fingerprint density at radius 1 is 1.50 bits per heavy atom. The Balaban J connectivity index is 2.35. The van der Waals surface area contributed by atoms with E-state index in [0.29, 0.717) is 13.0 Å². The van der Waals surface area contributed by atoms with Gasteiger partial charge in [0.05, 0.1) is 0 Å². The van der Waals surface area contributed by atoms with Crippen LogP contribution in [0.3, 0.4) is 0 Å². The van der Waals surface area contributed by atoms with Crippen LogP contribution in [-0.2, 0) is 10.0 Å². The molecule has 1 aliphatic rings. The molecule has 1 aliphatic heterocycles. The fraction of sp³-hybridized carbons (Fsp3) is 0.364. The summed E-state index contributed by atoms with van der Waals surface area (Å²) in [6.45, 7) is 1.28. The van der Waals surface area contributed by atoms with Crippen molar-refractivity contribution in [3.63, 3.8) is 0 Å². The van der Waals surface area contributed by atoms with Crippen molar-refractivity contribution in [1.82, 2.24) is 10.0 Å². The second-order valence-electron chi connectivity index (χ2n) is 4.04. The van der Waals surface area contributed by atoms with E-state index < -0.39 is 21.4 Å². The van der Waals surface area contributed by atoms with Crippen LogP contribution in [0.5, 0.6) is 0 Å². The summed E-state index contributed by atoms with van der Waals surface area (Å²) in [5.41, 5.74) is -0.448. The van der Waals surface area contributed by atoms with Crippen LogP contribution in [-0.4, -0.2) is 27.5 Å². The number of sulfonamides is 1. The van der Waals surface area contributed by atoms with Crippen molar-refractivity contribution in [2.24, 2.45) is 0 Å². The first kappa shape index (κ1) is 13.0. The Hall–Kier alpha value is -1.49. The zero-order valence-corrected chi connectivity index (χ0v) is 10.3. The van der Waals surface area contributed by atoms with Gasteiger partial charge >= 0.3 is 0 Å². The van der Waals surface area contributed by atoms with Gasteiger partial charge in [0.1, 0.15) is 22.3 Å². The van der Waals surface area contributed by atoms with Gasteiger partial charge in [0.15, 0.2) is 0 Å². The lowest BCUT2D eigenvalue weighted by Crippen LogP contribution is -2.36. The minimum Gasteiger partial charge on any atom is -0.315 e. The highest BCUT2D eigenvalue weighted by Crippen LogP contribution is 2.18. The Morgan fingerprint density at radius 2 is 2.28 bits per heavy atom. The zero-order chi connectivity index (χ0) is 13.2. The van der Waals surface area contributed by atoms with E-state index in [1.54, 1.807) is 6.07 Å². The third-order valence-electron chi connectivity index (χ3n) is 2.76. The fourth-order valence-electron chi connectivity index (χ4n) is 1.87. The van der Waals surface area contributed by atoms with E-state index in [1.807, 2.05) is 0 Å². The molecule has 18 heavy (non-hydrogen) atoms. The van der Waals surface area contributed by atoms with E-state index in [0.717, 1.165) is 12.6 Å². The van der Waals surface area contributed by atoms with Crippen LogP contribution < -0.4 is 10.0 Å². The van der Waals surface area contributed by atoms with Gasteiger partial charge in [-0.2, -0.15) is 5.26 Å². The molecule has 1 aromatic carbocycles. The molecule has 1 aromatic rings. The summed E-state index contributed by atoms with van der Waals surface area (Å²) >= 11 is 0. The van der Waals surface area contributed by atoms with Gasteiger partial charge in [0, 0.05) is 12.6 Å². The first-order chi connectivity index (χ1) is 8.54. The highest BCUT2D eigenvalue weighted by molar-refractivity contribution is 7.89. The minimum atomic E-state index is -3.86. The zero-order valence-electron chi connectivity index (χ0n) is 9.48. The molecule has 5 nitrogen and oxygen atoms in total. The maximum atomic E-state index is 13.4. The summed E-state index contributed by atoms with van der Waals surface area (Å²) in [4.78, 5) is -0.308. The summed E-state index contributed by atoms with van der Waals surface area (Å²) in [6.07, 6.45) is 0.677. The summed E-state index contributed by atoms with van der Waals surface area (Å²) in [5, 5.41) is 11.8. The monoisotopic (exact) mass is 269 g/mol. The summed E-state index contributed by atoms with van der Waals surface area (Å²) in [5.74, 6) is -0.829. The van der Waals surface area contributed by atoms with Gasteiger partial charge < -0.3 is 5.32 Å². The van der Waals surface area contributed by atoms with Gasteiger partial charge in [-0.25, -0.2) is 17.5 Å². The molecule has 1 heterocycles. The van der Waals surface area contributed by atoms with E-state index in [-0.39, 0.29) is 10.9 Å². The smallest absolute Gasteiger partial charge is 0.242 e. The maximum Gasteiger partial charge on any atom is 0.242 e. The molecule has 0 aromatic heterocycles. The topological polar surface area (TPSA) is 82.0 Å². The molecule has 96 valence electrons. The van der Waals surface area contributed by atoms with E-state index in [2.05, 4.69) is 10.0 Å². The Morgan fingerprint density at radius 3 is 2.89 bits per heavy atom. The molecule has 0 radical (unpaired) electrons. The molecule has 1 unspecified atom stereocenters. The van der Waals surface area contributed by atoms with E-state index in [9.17, 15) is 12.8 Å². The van der Waals surface area contributed by atoms with Crippen molar-refractivity contribution in [3.05, 3.63) is 29.6 Å². The van der Waals surface area contributed by atoms with E-state index in [1.165, 1.54) is 12.1 Å². The molecular formula is C11H12FN3O2S. The van der Waals surface area contributed by atoms with Gasteiger partial charge in [-0.05, 0) is 25.1 Å². The van der Waals surface area contributed by atoms with Gasteiger partial charge in [-0.15, -0.1) is 0 Å². The molecule has 2 rings (SSSR count). The number of nitriles is 1. The molecule has 1 saturated heterocycles. The largest absolute Gasteiger partial charge is 0.315 e. The quantitative estimate of drug-likeness (QED) is 0.829. The van der Waals surface area contributed by atoms with Crippen molar-refractivity contribution in [3.8, 4) is 6.07 Å². The second-order valence-corrected chi connectivity index (χ2v) is 5.72. The van der Waals surface area contributed by atoms with Crippen LogP contribution in [0.2, 0.25) is 0 Å². The lowest BCUT2D eigenvalue weighted by molar-refractivity contribution is 0.557. The molecule has 2 N–H and O–H groups in total. The average molecular weight is 269 g/mol. The van der Waals surface area contributed by atoms with Crippen molar-refractivity contribution in [2.75, 3.05) is 13.1 Å². The summed E-state index contributed by atoms with van der Waals surface area (Å²) in [7, 11) is -3.86. The summed E-state index contributed by atoms with van der Waals surface area (Å²) < 4.78 is 40.0. The van der Waals surface area contributed by atoms with Crippen LogP contribution in [0.1, 0.15) is 12.0 Å². The normalized spacial score (nSPS) is 19.7. The molecule has 0 amide bonds. The van der Waals surface area contributed by atoms with Gasteiger partial charge in [0.2, 0.25) is 10.0 Å². The molecule has 0 bridgehead atoms. The molecular weight excluding hydrogens is 257 g/mol. The molecule has 0 saturated carbocycles. The predicted octanol–water partition coefficient (Wildman–Crippen LogP) is 0.338. The van der Waals surface area contributed by atoms with Crippen molar-refractivity contribution in [2.45, 2.75) is 17.4 Å². The van der Waals surface area contributed by atoms with E-state index >= 15 is 0 Å². The standard InChI is InChI=1S/C11H12FN3O2S/c12-10-2-1-3-11(9(10)6-13)18(16,17)15-8-4-5-14-7-8/h1-3,8,14-15H,4-5,7H2. The van der Waals surface area contributed by atoms with Crippen molar-refractivity contribution < 1.29 is 12.8 Å². The minimum absolute atomic E-state index is 0.218. The Labute approximate surface area is 105 Å². The highest BCUT2D eigenvalue weighted by Gasteiger charge is 2.26. The Bertz CT molecular complexity index is 589. The highest BCUT2D eigenvalue weighted by atomic mass is 32.2. The lowest BCUT2D eigenvalue weighted by atomic mass is 10.2. The SMILES string of the molecule is N#Cc1c(F)cccc1S(=O)(=O)NC1CCNC1. The van der Waals surface area contributed by atoms with E-state index in [4.69, 9.17) is 5.26 Å². The third kappa shape index (κ3) is 2.51. The van der Waals surface area contributed by atoms with Crippen LogP contribution in [0, 0.1) is 17.1 Å². The lowest BCUT2D eigenvalue weighted by Gasteiger charge is -2.12. The maximum absolute atomic E-state index is 13.4. The first-order valence-corrected chi connectivity index (χ1v) is 6.94. The number of nitrogens with one attached hydrogen (secondary N) is 2. The predicted molar refractivity (Wildman–Crippen MR) is 62.7 cm³/mol. The number of benzene rings is 1. The van der Waals surface area contributed by atoms with Gasteiger partial charge in [-0.1, -0.05) is 6.07 Å². The first-order valence-electron chi connectivity index (χ1n) is 5.46. The molecule has 0 aliphatic carbocycles. The number of rotatable bonds is 3. The van der Waals surface area contributed by atoms with Crippen molar-refractivity contribution >= 4 is 10.0 Å². The fourth-order valence-corrected chi connectivity index (χ4v) is 3.31. The van der Waals surface area contributed by atoms with Gasteiger partial charge in [0.25, 0.3) is 0 Å². The van der Waals surface area contributed by atoms with Crippen LogP contribution >= 0.6 is 0 Å². The molecule has 7 heteroatoms. The second kappa shape index (κ2) is 5.02.